The molecule has 3 saturated heterocycles. The lowest BCUT2D eigenvalue weighted by Gasteiger charge is -2.49. The number of amides is 2. The number of hydrogen-bond donors (Lipinski definition) is 2. The first-order valence-electron chi connectivity index (χ1n) is 12.1. The molecule has 6 rings (SSSR count). The summed E-state index contributed by atoms with van der Waals surface area (Å²) in [6, 6.07) is 20.7. The van der Waals surface area contributed by atoms with Crippen LogP contribution in [-0.2, 0) is 7.05 Å². The quantitative estimate of drug-likeness (QED) is 0.582. The first-order chi connectivity index (χ1) is 16.5. The van der Waals surface area contributed by atoms with Crippen LogP contribution in [0.5, 0.6) is 0 Å². The zero-order chi connectivity index (χ0) is 23.7. The van der Waals surface area contributed by atoms with E-state index in [4.69, 9.17) is 5.10 Å². The van der Waals surface area contributed by atoms with Crippen LogP contribution in [0, 0.1) is 5.92 Å². The second-order valence-electron chi connectivity index (χ2n) is 9.76. The summed E-state index contributed by atoms with van der Waals surface area (Å²) >= 11 is 0. The minimum atomic E-state index is -0.137. The molecule has 2 bridgehead atoms. The van der Waals surface area contributed by atoms with E-state index in [1.165, 1.54) is 17.8 Å². The molecule has 0 spiro atoms. The Morgan fingerprint density at radius 2 is 1.88 bits per heavy atom. The summed E-state index contributed by atoms with van der Waals surface area (Å²) in [5.41, 5.74) is 5.51. The third-order valence-electron chi connectivity index (χ3n) is 7.38. The van der Waals surface area contributed by atoms with Gasteiger partial charge in [-0.1, -0.05) is 30.3 Å². The molecule has 1 aromatic heterocycles. The monoisotopic (exact) mass is 458 g/mol. The molecule has 7 nitrogen and oxygen atoms in total. The summed E-state index contributed by atoms with van der Waals surface area (Å²) in [4.78, 5) is 17.0. The number of rotatable bonds is 6. The number of urea groups is 1. The van der Waals surface area contributed by atoms with Crippen molar-refractivity contribution in [3.8, 4) is 11.3 Å². The Morgan fingerprint density at radius 3 is 2.56 bits per heavy atom. The zero-order valence-corrected chi connectivity index (χ0v) is 20.2. The number of aryl methyl sites for hydroxylation is 1. The van der Waals surface area contributed by atoms with Crippen LogP contribution in [0.25, 0.3) is 11.3 Å². The van der Waals surface area contributed by atoms with Crippen LogP contribution in [-0.4, -0.2) is 60.5 Å². The minimum absolute atomic E-state index is 0.137. The SMILES string of the molecule is CN(C)c1ccc(-c2cc(C3CN4CCC3CC4CNC(=O)Nc3ccccc3)n(C)n2)cc1. The number of para-hydroxylation sites is 1. The average molecular weight is 459 g/mol. The Kier molecular flexibility index (Phi) is 6.28. The molecule has 3 aliphatic rings. The molecule has 3 aliphatic heterocycles. The van der Waals surface area contributed by atoms with Gasteiger partial charge in [0.1, 0.15) is 0 Å². The molecule has 7 heteroatoms. The van der Waals surface area contributed by atoms with Crippen LogP contribution in [0.1, 0.15) is 24.5 Å². The van der Waals surface area contributed by atoms with Crippen molar-refractivity contribution in [3.63, 3.8) is 0 Å². The predicted octanol–water partition coefficient (Wildman–Crippen LogP) is 4.15. The predicted molar refractivity (Wildman–Crippen MR) is 137 cm³/mol. The first kappa shape index (κ1) is 22.5. The lowest BCUT2D eigenvalue weighted by molar-refractivity contribution is 0.0296. The average Bonchev–Trinajstić information content (AvgIpc) is 3.25. The number of carbonyl (C=O) groups is 1. The number of aromatic nitrogens is 2. The molecule has 2 aromatic carbocycles. The van der Waals surface area contributed by atoms with Gasteiger partial charge in [-0.3, -0.25) is 9.58 Å². The smallest absolute Gasteiger partial charge is 0.319 e. The number of nitrogens with one attached hydrogen (secondary N) is 2. The summed E-state index contributed by atoms with van der Waals surface area (Å²) in [7, 11) is 6.18. The van der Waals surface area contributed by atoms with Gasteiger partial charge in [-0.15, -0.1) is 0 Å². The highest BCUT2D eigenvalue weighted by atomic mass is 16.2. The third kappa shape index (κ3) is 4.66. The number of anilines is 2. The van der Waals surface area contributed by atoms with Gasteiger partial charge in [0.2, 0.25) is 0 Å². The second kappa shape index (κ2) is 9.50. The summed E-state index contributed by atoms with van der Waals surface area (Å²) < 4.78 is 2.07. The van der Waals surface area contributed by atoms with E-state index >= 15 is 0 Å². The van der Waals surface area contributed by atoms with Crippen molar-refractivity contribution >= 4 is 17.4 Å². The van der Waals surface area contributed by atoms with Crippen molar-refractivity contribution in [2.75, 3.05) is 43.9 Å². The Hall–Kier alpha value is -3.32. The van der Waals surface area contributed by atoms with E-state index in [0.717, 1.165) is 36.5 Å². The molecule has 0 saturated carbocycles. The number of benzene rings is 2. The van der Waals surface area contributed by atoms with Gasteiger partial charge in [0.25, 0.3) is 0 Å². The molecule has 0 aliphatic carbocycles. The lowest BCUT2D eigenvalue weighted by atomic mass is 9.74. The maximum Gasteiger partial charge on any atom is 0.319 e. The summed E-state index contributed by atoms with van der Waals surface area (Å²) in [6.45, 7) is 2.80. The van der Waals surface area contributed by atoms with E-state index in [1.807, 2.05) is 30.3 Å². The van der Waals surface area contributed by atoms with Crippen LogP contribution in [0.3, 0.4) is 0 Å². The fraction of sp³-hybridized carbons (Fsp3) is 0.407. The van der Waals surface area contributed by atoms with Crippen LogP contribution in [0.15, 0.2) is 60.7 Å². The number of nitrogens with zero attached hydrogens (tertiary/aromatic N) is 4. The molecule has 0 radical (unpaired) electrons. The highest BCUT2D eigenvalue weighted by Crippen LogP contribution is 2.42. The molecule has 2 N–H and O–H groups in total. The van der Waals surface area contributed by atoms with E-state index in [2.05, 4.69) is 76.6 Å². The highest BCUT2D eigenvalue weighted by molar-refractivity contribution is 5.89. The number of fused-ring (bicyclic) bond motifs is 3. The van der Waals surface area contributed by atoms with E-state index in [9.17, 15) is 4.79 Å². The molecule has 4 heterocycles. The lowest BCUT2D eigenvalue weighted by Crippen LogP contribution is -2.56. The van der Waals surface area contributed by atoms with Crippen LogP contribution in [0.4, 0.5) is 16.2 Å². The molecule has 34 heavy (non-hydrogen) atoms. The fourth-order valence-electron chi connectivity index (χ4n) is 5.49. The molecule has 3 fully saturated rings. The third-order valence-corrected chi connectivity index (χ3v) is 7.38. The second-order valence-corrected chi connectivity index (χ2v) is 9.76. The topological polar surface area (TPSA) is 65.4 Å². The number of carbonyl (C=O) groups excluding carboxylic acids is 1. The van der Waals surface area contributed by atoms with Crippen molar-refractivity contribution in [1.82, 2.24) is 20.0 Å². The van der Waals surface area contributed by atoms with E-state index in [0.29, 0.717) is 24.4 Å². The van der Waals surface area contributed by atoms with Crippen molar-refractivity contribution in [2.24, 2.45) is 13.0 Å². The Balaban J connectivity index is 1.22. The van der Waals surface area contributed by atoms with E-state index in [-0.39, 0.29) is 6.03 Å². The maximum atomic E-state index is 12.3. The molecule has 4 unspecified atom stereocenters. The Labute approximate surface area is 201 Å². The highest BCUT2D eigenvalue weighted by Gasteiger charge is 2.41. The molecular formula is C27H34N6O. The molecule has 3 aromatic rings. The van der Waals surface area contributed by atoms with Gasteiger partial charge in [0.15, 0.2) is 0 Å². The fourth-order valence-corrected chi connectivity index (χ4v) is 5.49. The summed E-state index contributed by atoms with van der Waals surface area (Å²) in [6.07, 6.45) is 2.31. The zero-order valence-electron chi connectivity index (χ0n) is 20.2. The van der Waals surface area contributed by atoms with Gasteiger partial charge in [-0.2, -0.15) is 5.10 Å². The van der Waals surface area contributed by atoms with Gasteiger partial charge in [0, 0.05) is 68.8 Å². The first-order valence-corrected chi connectivity index (χ1v) is 12.1. The summed E-state index contributed by atoms with van der Waals surface area (Å²) in [5.74, 6) is 1.10. The van der Waals surface area contributed by atoms with Gasteiger partial charge in [-0.05, 0) is 55.6 Å². The molecule has 4 atom stereocenters. The molecule has 2 amide bonds. The van der Waals surface area contributed by atoms with E-state index in [1.54, 1.807) is 0 Å². The van der Waals surface area contributed by atoms with E-state index < -0.39 is 0 Å². The van der Waals surface area contributed by atoms with Crippen LogP contribution in [0.2, 0.25) is 0 Å². The van der Waals surface area contributed by atoms with Crippen LogP contribution < -0.4 is 15.5 Å². The van der Waals surface area contributed by atoms with Gasteiger partial charge in [-0.25, -0.2) is 4.79 Å². The van der Waals surface area contributed by atoms with Gasteiger partial charge >= 0.3 is 6.03 Å². The van der Waals surface area contributed by atoms with Crippen molar-refractivity contribution in [1.29, 1.82) is 0 Å². The Morgan fingerprint density at radius 1 is 1.12 bits per heavy atom. The van der Waals surface area contributed by atoms with Crippen molar-refractivity contribution in [3.05, 3.63) is 66.4 Å². The molecular weight excluding hydrogens is 424 g/mol. The van der Waals surface area contributed by atoms with Crippen LogP contribution >= 0.6 is 0 Å². The van der Waals surface area contributed by atoms with Crippen molar-refractivity contribution < 1.29 is 4.79 Å². The Bertz CT molecular complexity index is 1120. The van der Waals surface area contributed by atoms with Gasteiger partial charge < -0.3 is 15.5 Å². The molecule has 178 valence electrons. The largest absolute Gasteiger partial charge is 0.378 e. The number of hydrogen-bond acceptors (Lipinski definition) is 4. The normalized spacial score (nSPS) is 23.5. The van der Waals surface area contributed by atoms with Crippen molar-refractivity contribution in [2.45, 2.75) is 24.8 Å². The standard InChI is InChI=1S/C27H34N6O/c1-31(2)22-11-9-19(10-12-22)25-16-26(32(3)30-25)24-18-33-14-13-20(24)15-23(33)17-28-27(34)29-21-7-5-4-6-8-21/h4-12,16,20,23-24H,13-15,17-18H2,1-3H3,(H2,28,29,34). The number of piperidine rings is 3. The van der Waals surface area contributed by atoms with Gasteiger partial charge in [0.05, 0.1) is 5.69 Å². The minimum Gasteiger partial charge on any atom is -0.378 e. The maximum absolute atomic E-state index is 12.3. The summed E-state index contributed by atoms with van der Waals surface area (Å²) in [5, 5.41) is 10.8.